The monoisotopic (exact) mass is 378 g/mol. The lowest BCUT2D eigenvalue weighted by Crippen LogP contribution is -2.44. The molecule has 2 N–H and O–H groups in total. The second-order valence-corrected chi connectivity index (χ2v) is 8.40. The molecule has 1 fully saturated rings. The summed E-state index contributed by atoms with van der Waals surface area (Å²) in [4.78, 5) is 12.4. The van der Waals surface area contributed by atoms with E-state index in [4.69, 9.17) is 4.52 Å². The largest absolute Gasteiger partial charge is 0.432 e. The number of nitrogens with one attached hydrogen (secondary N) is 1. The van der Waals surface area contributed by atoms with E-state index in [1.807, 2.05) is 30.3 Å². The minimum atomic E-state index is -3.71. The lowest BCUT2D eigenvalue weighted by atomic mass is 10.1. The van der Waals surface area contributed by atoms with Gasteiger partial charge in [-0.15, -0.1) is 0 Å². The third kappa shape index (κ3) is 4.30. The van der Waals surface area contributed by atoms with Crippen LogP contribution in [0.2, 0.25) is 0 Å². The normalized spacial score (nSPS) is 19.8. The van der Waals surface area contributed by atoms with Crippen molar-refractivity contribution in [2.24, 2.45) is 0 Å². The van der Waals surface area contributed by atoms with Gasteiger partial charge in [0.2, 0.25) is 0 Å². The van der Waals surface area contributed by atoms with E-state index in [0.717, 1.165) is 5.56 Å². The standard InChI is InChI=1S/C18H20FN2O4P/c19-15-8-10-16(11-9-15)25-26(24,17-7-4-12-21(23)18(17)22)20-13-14-5-2-1-3-6-14/h1-3,5-6,8-11,17,23H,4,7,12-13H2,(H,20,24). The Kier molecular flexibility index (Phi) is 5.71. The molecule has 1 amide bonds. The van der Waals surface area contributed by atoms with Gasteiger partial charge in [-0.3, -0.25) is 14.6 Å². The van der Waals surface area contributed by atoms with Crippen LogP contribution in [0.1, 0.15) is 18.4 Å². The number of hydrogen-bond donors (Lipinski definition) is 2. The molecule has 2 aromatic rings. The number of rotatable bonds is 6. The SMILES string of the molecule is O=C1C(P(=O)(NCc2ccccc2)Oc2ccc(F)cc2)CCCN1O. The van der Waals surface area contributed by atoms with Gasteiger partial charge in [-0.1, -0.05) is 30.3 Å². The van der Waals surface area contributed by atoms with E-state index >= 15 is 0 Å². The maximum Gasteiger partial charge on any atom is 0.329 e. The second-order valence-electron chi connectivity index (χ2n) is 6.08. The molecule has 6 nitrogen and oxygen atoms in total. The number of carbonyl (C=O) groups is 1. The number of nitrogens with zero attached hydrogens (tertiary/aromatic N) is 1. The first kappa shape index (κ1) is 18.6. The van der Waals surface area contributed by atoms with E-state index in [-0.39, 0.29) is 18.8 Å². The van der Waals surface area contributed by atoms with E-state index in [2.05, 4.69) is 5.09 Å². The predicted octanol–water partition coefficient (Wildman–Crippen LogP) is 3.57. The molecule has 0 spiro atoms. The van der Waals surface area contributed by atoms with Gasteiger partial charge in [0, 0.05) is 13.1 Å². The quantitative estimate of drug-likeness (QED) is 0.594. The van der Waals surface area contributed by atoms with E-state index < -0.39 is 24.9 Å². The van der Waals surface area contributed by atoms with Crippen LogP contribution in [-0.2, 0) is 15.9 Å². The second kappa shape index (κ2) is 7.99. The Balaban J connectivity index is 1.85. The van der Waals surface area contributed by atoms with Crippen molar-refractivity contribution in [3.63, 3.8) is 0 Å². The fraction of sp³-hybridized carbons (Fsp3) is 0.278. The number of hydroxylamine groups is 2. The molecule has 0 aliphatic carbocycles. The first-order valence-corrected chi connectivity index (χ1v) is 10.0. The van der Waals surface area contributed by atoms with E-state index in [1.165, 1.54) is 24.3 Å². The van der Waals surface area contributed by atoms with Crippen LogP contribution in [0.5, 0.6) is 5.75 Å². The van der Waals surface area contributed by atoms with Crippen molar-refractivity contribution in [3.05, 3.63) is 66.0 Å². The van der Waals surface area contributed by atoms with Gasteiger partial charge in [-0.25, -0.2) is 14.5 Å². The molecule has 3 rings (SSSR count). The van der Waals surface area contributed by atoms with Gasteiger partial charge in [0.25, 0.3) is 5.91 Å². The van der Waals surface area contributed by atoms with Crippen LogP contribution in [-0.4, -0.2) is 28.4 Å². The Morgan fingerprint density at radius 2 is 1.88 bits per heavy atom. The topological polar surface area (TPSA) is 78.9 Å². The summed E-state index contributed by atoms with van der Waals surface area (Å²) in [6.45, 7) is 0.430. The third-order valence-corrected chi connectivity index (χ3v) is 6.58. The molecule has 138 valence electrons. The van der Waals surface area contributed by atoms with Gasteiger partial charge in [-0.05, 0) is 42.7 Å². The summed E-state index contributed by atoms with van der Waals surface area (Å²) in [5, 5.41) is 13.2. The van der Waals surface area contributed by atoms with Crippen LogP contribution in [0.3, 0.4) is 0 Å². The zero-order valence-corrected chi connectivity index (χ0v) is 14.9. The molecule has 0 saturated carbocycles. The average molecular weight is 378 g/mol. The fourth-order valence-corrected chi connectivity index (χ4v) is 5.01. The van der Waals surface area contributed by atoms with Crippen molar-refractivity contribution in [1.82, 2.24) is 10.2 Å². The summed E-state index contributed by atoms with van der Waals surface area (Å²) in [5.41, 5.74) is -0.130. The summed E-state index contributed by atoms with van der Waals surface area (Å²) in [7, 11) is -3.71. The summed E-state index contributed by atoms with van der Waals surface area (Å²) < 4.78 is 32.3. The van der Waals surface area contributed by atoms with Gasteiger partial charge in [0.15, 0.2) is 0 Å². The van der Waals surface area contributed by atoms with Crippen molar-refractivity contribution in [2.45, 2.75) is 25.0 Å². The summed E-state index contributed by atoms with van der Waals surface area (Å²) in [6, 6.07) is 14.4. The van der Waals surface area contributed by atoms with Gasteiger partial charge >= 0.3 is 7.52 Å². The molecule has 0 aromatic heterocycles. The number of amides is 1. The molecule has 8 heteroatoms. The average Bonchev–Trinajstić information content (AvgIpc) is 2.65. The molecule has 26 heavy (non-hydrogen) atoms. The van der Waals surface area contributed by atoms with E-state index in [9.17, 15) is 19.0 Å². The first-order chi connectivity index (χ1) is 12.5. The molecular formula is C18H20FN2O4P. The molecular weight excluding hydrogens is 358 g/mol. The van der Waals surface area contributed by atoms with Crippen molar-refractivity contribution in [2.75, 3.05) is 6.54 Å². The van der Waals surface area contributed by atoms with Crippen molar-refractivity contribution >= 4 is 13.4 Å². The smallest absolute Gasteiger partial charge is 0.329 e. The highest BCUT2D eigenvalue weighted by molar-refractivity contribution is 7.59. The number of halogens is 1. The zero-order chi connectivity index (χ0) is 18.6. The summed E-state index contributed by atoms with van der Waals surface area (Å²) >= 11 is 0. The Bertz CT molecular complexity index is 801. The lowest BCUT2D eigenvalue weighted by molar-refractivity contribution is -0.169. The molecule has 1 saturated heterocycles. The van der Waals surface area contributed by atoms with Crippen LogP contribution in [0.25, 0.3) is 0 Å². The highest BCUT2D eigenvalue weighted by Gasteiger charge is 2.44. The predicted molar refractivity (Wildman–Crippen MR) is 94.4 cm³/mol. The first-order valence-electron chi connectivity index (χ1n) is 8.32. The fourth-order valence-electron chi connectivity index (χ4n) is 2.81. The molecule has 0 bridgehead atoms. The Morgan fingerprint density at radius 3 is 2.58 bits per heavy atom. The van der Waals surface area contributed by atoms with E-state index in [0.29, 0.717) is 17.9 Å². The van der Waals surface area contributed by atoms with Crippen molar-refractivity contribution in [3.8, 4) is 5.75 Å². The molecule has 2 unspecified atom stereocenters. The molecule has 1 heterocycles. The number of piperidine rings is 1. The van der Waals surface area contributed by atoms with Crippen molar-refractivity contribution < 1.29 is 23.5 Å². The summed E-state index contributed by atoms with van der Waals surface area (Å²) in [6.07, 6.45) is 0.840. The van der Waals surface area contributed by atoms with Gasteiger partial charge in [0.05, 0.1) is 0 Å². The van der Waals surface area contributed by atoms with Crippen LogP contribution in [0.4, 0.5) is 4.39 Å². The Hall–Kier alpha value is -2.21. The molecule has 1 aliphatic rings. The van der Waals surface area contributed by atoms with Crippen LogP contribution < -0.4 is 9.61 Å². The van der Waals surface area contributed by atoms with Gasteiger partial charge in [0.1, 0.15) is 17.2 Å². The summed E-state index contributed by atoms with van der Waals surface area (Å²) in [5.74, 6) is -0.889. The lowest BCUT2D eigenvalue weighted by Gasteiger charge is -2.33. The molecule has 1 aliphatic heterocycles. The van der Waals surface area contributed by atoms with Crippen LogP contribution in [0.15, 0.2) is 54.6 Å². The van der Waals surface area contributed by atoms with Gasteiger partial charge < -0.3 is 4.52 Å². The third-order valence-electron chi connectivity index (χ3n) is 4.20. The highest BCUT2D eigenvalue weighted by atomic mass is 31.2. The Morgan fingerprint density at radius 1 is 1.19 bits per heavy atom. The number of hydrogen-bond acceptors (Lipinski definition) is 4. The van der Waals surface area contributed by atoms with Crippen LogP contribution >= 0.6 is 7.52 Å². The van der Waals surface area contributed by atoms with Crippen LogP contribution in [0, 0.1) is 5.82 Å². The van der Waals surface area contributed by atoms with E-state index in [1.54, 1.807) is 0 Å². The maximum atomic E-state index is 13.6. The minimum absolute atomic E-state index is 0.193. The highest BCUT2D eigenvalue weighted by Crippen LogP contribution is 2.51. The minimum Gasteiger partial charge on any atom is -0.432 e. The molecule has 0 radical (unpaired) electrons. The van der Waals surface area contributed by atoms with Crippen molar-refractivity contribution in [1.29, 1.82) is 0 Å². The Labute approximate surface area is 151 Å². The number of carbonyl (C=O) groups excluding carboxylic acids is 1. The molecule has 2 atom stereocenters. The van der Waals surface area contributed by atoms with Gasteiger partial charge in [-0.2, -0.15) is 0 Å². The number of benzene rings is 2. The zero-order valence-electron chi connectivity index (χ0n) is 14.0. The maximum absolute atomic E-state index is 13.6. The molecule has 2 aromatic carbocycles.